The second-order valence-electron chi connectivity index (χ2n) is 8.79. The van der Waals surface area contributed by atoms with Gasteiger partial charge in [0.05, 0.1) is 15.6 Å². The summed E-state index contributed by atoms with van der Waals surface area (Å²) in [6, 6.07) is 17.0. The summed E-state index contributed by atoms with van der Waals surface area (Å²) >= 11 is 12.0. The number of rotatable bonds is 12. The lowest BCUT2D eigenvalue weighted by atomic mass is 10.1. The molecule has 2 amide bonds. The van der Waals surface area contributed by atoms with Crippen LogP contribution in [0.1, 0.15) is 32.3 Å². The van der Waals surface area contributed by atoms with Crippen LogP contribution in [0, 0.1) is 5.82 Å². The molecule has 7 nitrogen and oxygen atoms in total. The molecule has 3 aromatic carbocycles. The van der Waals surface area contributed by atoms with Gasteiger partial charge in [0.15, 0.2) is 0 Å². The van der Waals surface area contributed by atoms with Gasteiger partial charge in [-0.1, -0.05) is 67.4 Å². The van der Waals surface area contributed by atoms with Crippen LogP contribution in [-0.4, -0.2) is 44.3 Å². The first-order valence-electron chi connectivity index (χ1n) is 12.4. The van der Waals surface area contributed by atoms with Crippen LogP contribution in [0.15, 0.2) is 77.7 Å². The molecule has 0 bridgehead atoms. The second-order valence-corrected chi connectivity index (χ2v) is 11.5. The quantitative estimate of drug-likeness (QED) is 0.293. The van der Waals surface area contributed by atoms with E-state index in [9.17, 15) is 22.4 Å². The summed E-state index contributed by atoms with van der Waals surface area (Å²) in [6.45, 7) is 3.51. The van der Waals surface area contributed by atoms with Crippen molar-refractivity contribution in [3.63, 3.8) is 0 Å². The van der Waals surface area contributed by atoms with E-state index >= 15 is 0 Å². The minimum absolute atomic E-state index is 0.00790. The van der Waals surface area contributed by atoms with E-state index in [2.05, 4.69) is 5.32 Å². The molecule has 0 saturated heterocycles. The van der Waals surface area contributed by atoms with Gasteiger partial charge in [0, 0.05) is 18.1 Å². The minimum Gasteiger partial charge on any atom is -0.354 e. The average molecular weight is 595 g/mol. The molecule has 3 aromatic rings. The molecule has 11 heteroatoms. The first kappa shape index (κ1) is 30.4. The van der Waals surface area contributed by atoms with Crippen LogP contribution in [-0.2, 0) is 26.2 Å². The number of nitrogens with zero attached hydrogens (tertiary/aromatic N) is 2. The number of nitrogens with one attached hydrogen (secondary N) is 1. The number of anilines is 1. The highest BCUT2D eigenvalue weighted by atomic mass is 35.5. The Bertz CT molecular complexity index is 1390. The molecule has 0 fully saturated rings. The number of hydrogen-bond donors (Lipinski definition) is 1. The smallest absolute Gasteiger partial charge is 0.264 e. The van der Waals surface area contributed by atoms with Crippen LogP contribution >= 0.6 is 23.2 Å². The Morgan fingerprint density at radius 2 is 1.64 bits per heavy atom. The summed E-state index contributed by atoms with van der Waals surface area (Å²) in [5.74, 6) is -1.70. The highest BCUT2D eigenvalue weighted by Crippen LogP contribution is 2.28. The number of halogens is 3. The number of benzene rings is 3. The fourth-order valence-electron chi connectivity index (χ4n) is 3.96. The largest absolute Gasteiger partial charge is 0.354 e. The molecule has 0 spiro atoms. The molecule has 0 unspecified atom stereocenters. The van der Waals surface area contributed by atoms with Gasteiger partial charge < -0.3 is 10.2 Å². The third-order valence-corrected chi connectivity index (χ3v) is 8.33. The average Bonchev–Trinajstić information content (AvgIpc) is 2.93. The van der Waals surface area contributed by atoms with E-state index in [4.69, 9.17) is 23.2 Å². The summed E-state index contributed by atoms with van der Waals surface area (Å²) in [4.78, 5) is 28.3. The maximum absolute atomic E-state index is 14.0. The Morgan fingerprint density at radius 1 is 0.974 bits per heavy atom. The summed E-state index contributed by atoms with van der Waals surface area (Å²) < 4.78 is 42.3. The Hall–Kier alpha value is -3.14. The third-order valence-electron chi connectivity index (χ3n) is 6.00. The van der Waals surface area contributed by atoms with Gasteiger partial charge in [-0.15, -0.1) is 0 Å². The van der Waals surface area contributed by atoms with Crippen LogP contribution in [0.25, 0.3) is 0 Å². The lowest BCUT2D eigenvalue weighted by Gasteiger charge is -2.33. The summed E-state index contributed by atoms with van der Waals surface area (Å²) in [7, 11) is -4.27. The molecule has 0 aliphatic carbocycles. The molecule has 0 aliphatic heterocycles. The molecule has 0 heterocycles. The van der Waals surface area contributed by atoms with E-state index in [1.165, 1.54) is 23.1 Å². The van der Waals surface area contributed by atoms with Crippen LogP contribution in [0.5, 0.6) is 0 Å². The number of carbonyl (C=O) groups is 2. The summed E-state index contributed by atoms with van der Waals surface area (Å²) in [5.41, 5.74) is 0.713. The van der Waals surface area contributed by atoms with Crippen LogP contribution in [0.3, 0.4) is 0 Å². The van der Waals surface area contributed by atoms with Gasteiger partial charge in [0.25, 0.3) is 10.0 Å². The van der Waals surface area contributed by atoms with Crippen LogP contribution in [0.4, 0.5) is 10.1 Å². The highest BCUT2D eigenvalue weighted by Gasteiger charge is 2.33. The molecule has 39 heavy (non-hydrogen) atoms. The maximum Gasteiger partial charge on any atom is 0.264 e. The number of sulfonamides is 1. The van der Waals surface area contributed by atoms with Crippen molar-refractivity contribution in [2.75, 3.05) is 17.4 Å². The van der Waals surface area contributed by atoms with Crippen molar-refractivity contribution >= 4 is 50.7 Å². The lowest BCUT2D eigenvalue weighted by molar-refractivity contribution is -0.140. The summed E-state index contributed by atoms with van der Waals surface area (Å²) in [6.07, 6.45) is 1.00. The first-order valence-corrected chi connectivity index (χ1v) is 14.6. The van der Waals surface area contributed by atoms with Crippen molar-refractivity contribution in [3.05, 3.63) is 94.2 Å². The van der Waals surface area contributed by atoms with Crippen LogP contribution < -0.4 is 9.62 Å². The Balaban J connectivity index is 2.06. The van der Waals surface area contributed by atoms with Gasteiger partial charge >= 0.3 is 0 Å². The van der Waals surface area contributed by atoms with E-state index in [0.29, 0.717) is 30.0 Å². The predicted octanol–water partition coefficient (Wildman–Crippen LogP) is 5.66. The molecule has 0 aromatic heterocycles. The SMILES string of the molecule is CCCNC(=O)[C@@H](CC)N(Cc1ccc(Cl)cc1)C(=O)CN(c1ccc(F)c(Cl)c1)S(=O)(=O)c1ccccc1. The topological polar surface area (TPSA) is 86.8 Å². The van der Waals surface area contributed by atoms with Crippen molar-refractivity contribution < 1.29 is 22.4 Å². The van der Waals surface area contributed by atoms with Gasteiger partial charge in [-0.3, -0.25) is 13.9 Å². The molecule has 1 atom stereocenters. The van der Waals surface area contributed by atoms with Crippen molar-refractivity contribution in [2.45, 2.75) is 44.2 Å². The molecule has 0 radical (unpaired) electrons. The van der Waals surface area contributed by atoms with E-state index < -0.39 is 34.3 Å². The maximum atomic E-state index is 14.0. The Morgan fingerprint density at radius 3 is 2.23 bits per heavy atom. The third kappa shape index (κ3) is 7.71. The molecular formula is C28H30Cl2FN3O4S. The fraction of sp³-hybridized carbons (Fsp3) is 0.286. The monoisotopic (exact) mass is 593 g/mol. The number of hydrogen-bond acceptors (Lipinski definition) is 4. The Labute approximate surface area is 238 Å². The van der Waals surface area contributed by atoms with Gasteiger partial charge in [-0.25, -0.2) is 12.8 Å². The number of carbonyl (C=O) groups excluding carboxylic acids is 2. The van der Waals surface area contributed by atoms with Crippen molar-refractivity contribution in [1.29, 1.82) is 0 Å². The normalized spacial score (nSPS) is 12.0. The van der Waals surface area contributed by atoms with Gasteiger partial charge in [0.1, 0.15) is 18.4 Å². The van der Waals surface area contributed by atoms with Crippen molar-refractivity contribution in [2.24, 2.45) is 0 Å². The van der Waals surface area contributed by atoms with Gasteiger partial charge in [0.2, 0.25) is 11.8 Å². The van der Waals surface area contributed by atoms with E-state index in [-0.39, 0.29) is 28.1 Å². The van der Waals surface area contributed by atoms with E-state index in [0.717, 1.165) is 16.4 Å². The second kappa shape index (κ2) is 13.8. The zero-order valence-corrected chi connectivity index (χ0v) is 23.9. The first-order chi connectivity index (χ1) is 18.6. The van der Waals surface area contributed by atoms with E-state index in [1.807, 2.05) is 6.92 Å². The van der Waals surface area contributed by atoms with Crippen molar-refractivity contribution in [3.8, 4) is 0 Å². The fourth-order valence-corrected chi connectivity index (χ4v) is 5.69. The molecule has 1 N–H and O–H groups in total. The van der Waals surface area contributed by atoms with Crippen molar-refractivity contribution in [1.82, 2.24) is 10.2 Å². The predicted molar refractivity (Wildman–Crippen MR) is 152 cm³/mol. The summed E-state index contributed by atoms with van der Waals surface area (Å²) in [5, 5.41) is 3.04. The van der Waals surface area contributed by atoms with Gasteiger partial charge in [-0.05, 0) is 60.9 Å². The Kier molecular flexibility index (Phi) is 10.7. The molecule has 208 valence electrons. The van der Waals surface area contributed by atoms with Crippen LogP contribution in [0.2, 0.25) is 10.0 Å². The molecule has 0 saturated carbocycles. The molecule has 0 aliphatic rings. The zero-order chi connectivity index (χ0) is 28.6. The zero-order valence-electron chi connectivity index (χ0n) is 21.6. The molecule has 3 rings (SSSR count). The van der Waals surface area contributed by atoms with E-state index in [1.54, 1.807) is 49.4 Å². The number of amides is 2. The highest BCUT2D eigenvalue weighted by molar-refractivity contribution is 7.92. The molecular weight excluding hydrogens is 564 g/mol. The standard InChI is InChI=1S/C28H30Cl2FN3O4S/c1-3-16-32-28(36)26(4-2)33(18-20-10-12-21(29)13-11-20)27(35)19-34(22-14-15-25(31)24(30)17-22)39(37,38)23-8-6-5-7-9-23/h5-15,17,26H,3-4,16,18-19H2,1-2H3,(H,32,36)/t26-/m1/s1. The lowest BCUT2D eigenvalue weighted by Crippen LogP contribution is -2.52. The minimum atomic E-state index is -4.27. The van der Waals surface area contributed by atoms with Gasteiger partial charge in [-0.2, -0.15) is 0 Å².